The second-order valence-electron chi connectivity index (χ2n) is 3.56. The van der Waals surface area contributed by atoms with E-state index in [1.807, 2.05) is 0 Å². The van der Waals surface area contributed by atoms with E-state index in [9.17, 15) is 9.18 Å². The Morgan fingerprint density at radius 3 is 2.53 bits per heavy atom. The van der Waals surface area contributed by atoms with Gasteiger partial charge in [-0.05, 0) is 19.1 Å². The quantitative estimate of drug-likeness (QED) is 0.768. The van der Waals surface area contributed by atoms with Gasteiger partial charge in [0.2, 0.25) is 0 Å². The first-order chi connectivity index (χ1) is 8.02. The van der Waals surface area contributed by atoms with Crippen molar-refractivity contribution >= 4 is 17.4 Å². The molecule has 0 radical (unpaired) electrons. The number of ketones is 1. The molecule has 17 heavy (non-hydrogen) atoms. The predicted octanol–water partition coefficient (Wildman–Crippen LogP) is 1.38. The highest BCUT2D eigenvalue weighted by Crippen LogP contribution is 2.24. The van der Waals surface area contributed by atoms with Crippen molar-refractivity contribution in [1.82, 2.24) is 9.78 Å². The summed E-state index contributed by atoms with van der Waals surface area (Å²) in [6.45, 7) is 1.33. The number of rotatable bonds is 2. The molecule has 1 heterocycles. The van der Waals surface area contributed by atoms with Gasteiger partial charge >= 0.3 is 0 Å². The monoisotopic (exact) mass is 234 g/mol. The molecule has 0 aliphatic carbocycles. The normalized spacial score (nSPS) is 10.5. The van der Waals surface area contributed by atoms with Crippen LogP contribution >= 0.6 is 0 Å². The van der Waals surface area contributed by atoms with Crippen LogP contribution in [0.3, 0.4) is 0 Å². The van der Waals surface area contributed by atoms with Crippen molar-refractivity contribution in [2.75, 3.05) is 11.5 Å². The summed E-state index contributed by atoms with van der Waals surface area (Å²) in [4.78, 5) is 11.3. The number of aromatic nitrogens is 2. The van der Waals surface area contributed by atoms with Gasteiger partial charge in [-0.15, -0.1) is 5.10 Å². The van der Waals surface area contributed by atoms with Gasteiger partial charge in [-0.25, -0.2) is 9.07 Å². The SMILES string of the molecule is CC(=O)c1c(N)nn(-c2ccccc2F)c1N. The molecule has 1 aromatic carbocycles. The number of hydrogen-bond acceptors (Lipinski definition) is 4. The zero-order valence-corrected chi connectivity index (χ0v) is 9.14. The number of para-hydroxylation sites is 1. The molecule has 2 rings (SSSR count). The molecule has 5 nitrogen and oxygen atoms in total. The number of halogens is 1. The van der Waals surface area contributed by atoms with Crippen LogP contribution in [0.1, 0.15) is 17.3 Å². The second-order valence-corrected chi connectivity index (χ2v) is 3.56. The summed E-state index contributed by atoms with van der Waals surface area (Å²) < 4.78 is 14.7. The summed E-state index contributed by atoms with van der Waals surface area (Å²) in [6.07, 6.45) is 0. The number of hydrogen-bond donors (Lipinski definition) is 2. The van der Waals surface area contributed by atoms with E-state index in [4.69, 9.17) is 11.5 Å². The van der Waals surface area contributed by atoms with E-state index >= 15 is 0 Å². The summed E-state index contributed by atoms with van der Waals surface area (Å²) in [7, 11) is 0. The molecule has 0 atom stereocenters. The molecule has 0 amide bonds. The van der Waals surface area contributed by atoms with Crippen LogP contribution in [0.25, 0.3) is 5.69 Å². The van der Waals surface area contributed by atoms with Gasteiger partial charge in [-0.1, -0.05) is 12.1 Å². The van der Waals surface area contributed by atoms with E-state index < -0.39 is 5.82 Å². The van der Waals surface area contributed by atoms with E-state index in [1.54, 1.807) is 12.1 Å². The number of benzene rings is 1. The van der Waals surface area contributed by atoms with E-state index in [1.165, 1.54) is 19.1 Å². The summed E-state index contributed by atoms with van der Waals surface area (Å²) >= 11 is 0. The largest absolute Gasteiger partial charge is 0.383 e. The Balaban J connectivity index is 2.66. The van der Waals surface area contributed by atoms with Gasteiger partial charge < -0.3 is 11.5 Å². The van der Waals surface area contributed by atoms with Crippen LogP contribution in [-0.2, 0) is 0 Å². The summed E-state index contributed by atoms with van der Waals surface area (Å²) in [6, 6.07) is 5.97. The topological polar surface area (TPSA) is 86.9 Å². The molecule has 0 saturated heterocycles. The molecule has 6 heteroatoms. The Kier molecular flexibility index (Phi) is 2.55. The molecule has 0 fully saturated rings. The zero-order valence-electron chi connectivity index (χ0n) is 9.14. The molecular formula is C11H11FN4O. The number of carbonyl (C=O) groups is 1. The van der Waals surface area contributed by atoms with E-state index in [2.05, 4.69) is 5.10 Å². The van der Waals surface area contributed by atoms with Crippen LogP contribution in [-0.4, -0.2) is 15.6 Å². The Labute approximate surface area is 96.8 Å². The van der Waals surface area contributed by atoms with Crippen molar-refractivity contribution in [1.29, 1.82) is 0 Å². The lowest BCUT2D eigenvalue weighted by molar-refractivity contribution is 0.101. The highest BCUT2D eigenvalue weighted by atomic mass is 19.1. The first kappa shape index (κ1) is 11.1. The molecule has 2 aromatic rings. The van der Waals surface area contributed by atoms with Crippen molar-refractivity contribution < 1.29 is 9.18 Å². The minimum Gasteiger partial charge on any atom is -0.383 e. The average molecular weight is 234 g/mol. The zero-order chi connectivity index (χ0) is 12.6. The molecule has 0 spiro atoms. The minimum absolute atomic E-state index is 0.00162. The predicted molar refractivity (Wildman–Crippen MR) is 62.4 cm³/mol. The van der Waals surface area contributed by atoms with Crippen LogP contribution in [0, 0.1) is 5.82 Å². The molecule has 4 N–H and O–H groups in total. The first-order valence-corrected chi connectivity index (χ1v) is 4.92. The molecule has 0 aliphatic rings. The van der Waals surface area contributed by atoms with Crippen LogP contribution in [0.4, 0.5) is 16.0 Å². The molecule has 0 aliphatic heterocycles. The number of Topliss-reactive ketones (excluding diaryl/α,β-unsaturated/α-hetero) is 1. The first-order valence-electron chi connectivity index (χ1n) is 4.92. The van der Waals surface area contributed by atoms with Crippen LogP contribution in [0.2, 0.25) is 0 Å². The highest BCUT2D eigenvalue weighted by molar-refractivity contribution is 6.02. The van der Waals surface area contributed by atoms with Gasteiger partial charge in [-0.2, -0.15) is 0 Å². The van der Waals surface area contributed by atoms with E-state index in [0.29, 0.717) is 0 Å². The summed E-state index contributed by atoms with van der Waals surface area (Å²) in [5.74, 6) is -0.752. The Hall–Kier alpha value is -2.37. The fourth-order valence-corrected chi connectivity index (χ4v) is 1.62. The summed E-state index contributed by atoms with van der Waals surface area (Å²) in [5, 5.41) is 3.87. The molecule has 0 saturated carbocycles. The lowest BCUT2D eigenvalue weighted by Crippen LogP contribution is -2.06. The Bertz CT molecular complexity index is 591. The lowest BCUT2D eigenvalue weighted by atomic mass is 10.2. The molecule has 1 aromatic heterocycles. The van der Waals surface area contributed by atoms with Gasteiger partial charge in [0.05, 0.1) is 0 Å². The Morgan fingerprint density at radius 2 is 2.00 bits per heavy atom. The number of carbonyl (C=O) groups excluding carboxylic acids is 1. The highest BCUT2D eigenvalue weighted by Gasteiger charge is 2.19. The van der Waals surface area contributed by atoms with Crippen LogP contribution < -0.4 is 11.5 Å². The van der Waals surface area contributed by atoms with Gasteiger partial charge in [-0.3, -0.25) is 4.79 Å². The van der Waals surface area contributed by atoms with Gasteiger partial charge in [0.25, 0.3) is 0 Å². The average Bonchev–Trinajstić information content (AvgIpc) is 2.55. The number of nitrogens with two attached hydrogens (primary N) is 2. The van der Waals surface area contributed by atoms with Gasteiger partial charge in [0.15, 0.2) is 11.6 Å². The van der Waals surface area contributed by atoms with Crippen molar-refractivity contribution in [3.8, 4) is 5.69 Å². The minimum atomic E-state index is -0.489. The van der Waals surface area contributed by atoms with E-state index in [0.717, 1.165) is 4.68 Å². The van der Waals surface area contributed by atoms with Crippen molar-refractivity contribution in [2.24, 2.45) is 0 Å². The fraction of sp³-hybridized carbons (Fsp3) is 0.0909. The Morgan fingerprint density at radius 1 is 1.35 bits per heavy atom. The second kappa shape index (κ2) is 3.89. The van der Waals surface area contributed by atoms with Crippen molar-refractivity contribution in [2.45, 2.75) is 6.92 Å². The van der Waals surface area contributed by atoms with E-state index in [-0.39, 0.29) is 28.7 Å². The van der Waals surface area contributed by atoms with Crippen molar-refractivity contribution in [3.05, 3.63) is 35.6 Å². The van der Waals surface area contributed by atoms with Gasteiger partial charge in [0, 0.05) is 0 Å². The standard InChI is InChI=1S/C11H11FN4O/c1-6(17)9-10(13)15-16(11(9)14)8-5-3-2-4-7(8)12/h2-5H,14H2,1H3,(H2,13,15). The van der Waals surface area contributed by atoms with Gasteiger partial charge in [0.1, 0.15) is 22.9 Å². The number of nitrogen functional groups attached to an aromatic ring is 2. The summed E-state index contributed by atoms with van der Waals surface area (Å²) in [5.41, 5.74) is 11.6. The molecule has 0 unspecified atom stereocenters. The number of nitrogens with zero attached hydrogens (tertiary/aromatic N) is 2. The third-order valence-corrected chi connectivity index (χ3v) is 2.38. The molecular weight excluding hydrogens is 223 g/mol. The van der Waals surface area contributed by atoms with Crippen molar-refractivity contribution in [3.63, 3.8) is 0 Å². The third kappa shape index (κ3) is 1.73. The smallest absolute Gasteiger partial charge is 0.167 e. The fourth-order valence-electron chi connectivity index (χ4n) is 1.62. The number of anilines is 2. The lowest BCUT2D eigenvalue weighted by Gasteiger charge is -2.04. The van der Waals surface area contributed by atoms with Crippen LogP contribution in [0.15, 0.2) is 24.3 Å². The third-order valence-electron chi connectivity index (χ3n) is 2.38. The molecule has 0 bridgehead atoms. The molecule has 88 valence electrons. The maximum absolute atomic E-state index is 13.6. The maximum Gasteiger partial charge on any atom is 0.167 e. The maximum atomic E-state index is 13.6. The van der Waals surface area contributed by atoms with Crippen LogP contribution in [0.5, 0.6) is 0 Å².